The van der Waals surface area contributed by atoms with E-state index < -0.39 is 15.7 Å². The maximum absolute atomic E-state index is 12.9. The van der Waals surface area contributed by atoms with E-state index >= 15 is 0 Å². The third-order valence-corrected chi connectivity index (χ3v) is 7.37. The molecular weight excluding hydrogens is 390 g/mol. The van der Waals surface area contributed by atoms with Crippen molar-refractivity contribution < 1.29 is 17.9 Å². The molecule has 0 aliphatic carbocycles. The van der Waals surface area contributed by atoms with Gasteiger partial charge in [-0.05, 0) is 31.2 Å². The molecule has 7 nitrogen and oxygen atoms in total. The molecule has 2 aliphatic heterocycles. The average Bonchev–Trinajstić information content (AvgIpc) is 3.04. The summed E-state index contributed by atoms with van der Waals surface area (Å²) in [6.45, 7) is 2.57. The van der Waals surface area contributed by atoms with Gasteiger partial charge in [0.15, 0.2) is 0 Å². The number of sulfonamides is 1. The van der Waals surface area contributed by atoms with Gasteiger partial charge in [0.05, 0.1) is 12.0 Å². The molecule has 29 heavy (non-hydrogen) atoms. The first-order valence-electron chi connectivity index (χ1n) is 9.47. The molecule has 0 atom stereocenters. The Morgan fingerprint density at radius 1 is 1.03 bits per heavy atom. The smallest absolute Gasteiger partial charge is 0.272 e. The second-order valence-electron chi connectivity index (χ2n) is 7.39. The van der Waals surface area contributed by atoms with Gasteiger partial charge in [0.2, 0.25) is 10.0 Å². The van der Waals surface area contributed by atoms with Crippen LogP contribution in [0.1, 0.15) is 24.0 Å². The standard InChI is InChI=1S/C21H23N3O4S/c1-15-3-5-16(6-4-15)19-20(25)23-21(22-19)11-13-24(14-12-21)29(26,27)18-9-7-17(28-2)8-10-18/h3-10H,11-14H2,1-2H3,(H,23,25). The van der Waals surface area contributed by atoms with Crippen LogP contribution in [0.4, 0.5) is 0 Å². The highest BCUT2D eigenvalue weighted by atomic mass is 32.2. The van der Waals surface area contributed by atoms with Crippen LogP contribution < -0.4 is 10.1 Å². The maximum atomic E-state index is 12.9. The van der Waals surface area contributed by atoms with Crippen LogP contribution in [0, 0.1) is 6.92 Å². The Balaban J connectivity index is 1.51. The zero-order chi connectivity index (χ0) is 20.6. The second kappa shape index (κ2) is 7.27. The number of amides is 1. The summed E-state index contributed by atoms with van der Waals surface area (Å²) < 4.78 is 32.4. The fourth-order valence-electron chi connectivity index (χ4n) is 3.70. The van der Waals surface area contributed by atoms with E-state index in [0.717, 1.165) is 11.1 Å². The number of piperidine rings is 1. The van der Waals surface area contributed by atoms with Crippen LogP contribution in [0.15, 0.2) is 58.4 Å². The van der Waals surface area contributed by atoms with E-state index in [1.54, 1.807) is 24.3 Å². The summed E-state index contributed by atoms with van der Waals surface area (Å²) in [7, 11) is -2.06. The molecule has 0 unspecified atom stereocenters. The Morgan fingerprint density at radius 2 is 1.66 bits per heavy atom. The summed E-state index contributed by atoms with van der Waals surface area (Å²) >= 11 is 0. The van der Waals surface area contributed by atoms with Gasteiger partial charge in [0.1, 0.15) is 17.1 Å². The van der Waals surface area contributed by atoms with Gasteiger partial charge in [-0.1, -0.05) is 29.8 Å². The molecule has 1 amide bonds. The topological polar surface area (TPSA) is 88.1 Å². The van der Waals surface area contributed by atoms with Gasteiger partial charge >= 0.3 is 0 Å². The van der Waals surface area contributed by atoms with E-state index in [2.05, 4.69) is 10.3 Å². The van der Waals surface area contributed by atoms with Gasteiger partial charge in [0.25, 0.3) is 5.91 Å². The fourth-order valence-corrected chi connectivity index (χ4v) is 5.14. The molecule has 2 aromatic rings. The Hall–Kier alpha value is -2.71. The van der Waals surface area contributed by atoms with E-state index in [0.29, 0.717) is 37.4 Å². The number of nitrogens with zero attached hydrogens (tertiary/aromatic N) is 2. The molecule has 1 saturated heterocycles. The van der Waals surface area contributed by atoms with Gasteiger partial charge in [-0.2, -0.15) is 4.31 Å². The Morgan fingerprint density at radius 3 is 2.24 bits per heavy atom. The third kappa shape index (κ3) is 3.65. The first-order valence-corrected chi connectivity index (χ1v) is 10.9. The number of methoxy groups -OCH3 is 1. The lowest BCUT2D eigenvalue weighted by atomic mass is 10.00. The van der Waals surface area contributed by atoms with E-state index in [9.17, 15) is 13.2 Å². The zero-order valence-electron chi connectivity index (χ0n) is 16.4. The highest BCUT2D eigenvalue weighted by molar-refractivity contribution is 7.89. The van der Waals surface area contributed by atoms with Crippen molar-refractivity contribution in [3.8, 4) is 5.75 Å². The molecule has 152 valence electrons. The van der Waals surface area contributed by atoms with Gasteiger partial charge < -0.3 is 10.1 Å². The molecule has 2 heterocycles. The number of aryl methyl sites for hydroxylation is 1. The fraction of sp³-hybridized carbons (Fsp3) is 0.333. The van der Waals surface area contributed by atoms with Crippen molar-refractivity contribution in [1.82, 2.24) is 9.62 Å². The van der Waals surface area contributed by atoms with E-state index in [4.69, 9.17) is 4.74 Å². The molecule has 0 bridgehead atoms. The van der Waals surface area contributed by atoms with E-state index in [1.807, 2.05) is 31.2 Å². The normalized spacial score (nSPS) is 19.1. The van der Waals surface area contributed by atoms with Crippen molar-refractivity contribution in [2.45, 2.75) is 30.3 Å². The summed E-state index contributed by atoms with van der Waals surface area (Å²) in [5.74, 6) is 0.397. The summed E-state index contributed by atoms with van der Waals surface area (Å²) in [5, 5.41) is 2.98. The van der Waals surface area contributed by atoms with Crippen LogP contribution in [0.2, 0.25) is 0 Å². The quantitative estimate of drug-likeness (QED) is 0.832. The SMILES string of the molecule is COc1ccc(S(=O)(=O)N2CCC3(CC2)N=C(c2ccc(C)cc2)C(=O)N3)cc1. The minimum atomic E-state index is -3.60. The molecule has 0 saturated carbocycles. The van der Waals surface area contributed by atoms with Crippen LogP contribution in [-0.2, 0) is 14.8 Å². The van der Waals surface area contributed by atoms with Gasteiger partial charge in [-0.25, -0.2) is 8.42 Å². The molecule has 2 aliphatic rings. The first-order chi connectivity index (χ1) is 13.8. The number of hydrogen-bond acceptors (Lipinski definition) is 5. The summed E-state index contributed by atoms with van der Waals surface area (Å²) in [5.41, 5.74) is 1.57. The van der Waals surface area contributed by atoms with Crippen LogP contribution in [0.5, 0.6) is 5.75 Å². The average molecular weight is 413 g/mol. The maximum Gasteiger partial charge on any atom is 0.272 e. The number of hydrogen-bond donors (Lipinski definition) is 1. The summed E-state index contributed by atoms with van der Waals surface area (Å²) in [6, 6.07) is 14.0. The van der Waals surface area contributed by atoms with E-state index in [1.165, 1.54) is 11.4 Å². The lowest BCUT2D eigenvalue weighted by Crippen LogP contribution is -2.52. The van der Waals surface area contributed by atoms with Gasteiger partial charge in [-0.15, -0.1) is 0 Å². The number of benzene rings is 2. The van der Waals surface area contributed by atoms with Gasteiger partial charge in [0, 0.05) is 31.5 Å². The van der Waals surface area contributed by atoms with Crippen LogP contribution in [0.3, 0.4) is 0 Å². The molecule has 1 spiro atoms. The van der Waals surface area contributed by atoms with Crippen LogP contribution in [-0.4, -0.2) is 50.2 Å². The molecule has 1 fully saturated rings. The first kappa shape index (κ1) is 19.6. The Bertz CT molecular complexity index is 1050. The van der Waals surface area contributed by atoms with Gasteiger partial charge in [-0.3, -0.25) is 9.79 Å². The summed E-state index contributed by atoms with van der Waals surface area (Å²) in [6.07, 6.45) is 0.868. The molecular formula is C21H23N3O4S. The van der Waals surface area contributed by atoms with Crippen molar-refractivity contribution in [3.63, 3.8) is 0 Å². The van der Waals surface area contributed by atoms with Crippen molar-refractivity contribution in [3.05, 3.63) is 59.7 Å². The third-order valence-electron chi connectivity index (χ3n) is 5.46. The van der Waals surface area contributed by atoms with Crippen LogP contribution in [0.25, 0.3) is 0 Å². The van der Waals surface area contributed by atoms with Crippen LogP contribution >= 0.6 is 0 Å². The predicted molar refractivity (Wildman–Crippen MR) is 110 cm³/mol. The summed E-state index contributed by atoms with van der Waals surface area (Å²) in [4.78, 5) is 17.4. The predicted octanol–water partition coefficient (Wildman–Crippen LogP) is 2.10. The number of carbonyl (C=O) groups is 1. The minimum absolute atomic E-state index is 0.208. The van der Waals surface area contributed by atoms with E-state index in [-0.39, 0.29) is 10.8 Å². The lowest BCUT2D eigenvalue weighted by Gasteiger charge is -2.36. The van der Waals surface area contributed by atoms with Crippen molar-refractivity contribution >= 4 is 21.6 Å². The monoisotopic (exact) mass is 413 g/mol. The highest BCUT2D eigenvalue weighted by Gasteiger charge is 2.44. The molecule has 0 aromatic heterocycles. The number of carbonyl (C=O) groups excluding carboxylic acids is 1. The molecule has 0 radical (unpaired) electrons. The van der Waals surface area contributed by atoms with Crippen molar-refractivity contribution in [1.29, 1.82) is 0 Å². The number of aliphatic imine (C=N–C) groups is 1. The zero-order valence-corrected chi connectivity index (χ0v) is 17.2. The second-order valence-corrected chi connectivity index (χ2v) is 9.33. The Labute approximate surface area is 170 Å². The number of nitrogens with one attached hydrogen (secondary N) is 1. The Kier molecular flexibility index (Phi) is 4.92. The molecule has 1 N–H and O–H groups in total. The molecule has 8 heteroatoms. The van der Waals surface area contributed by atoms with Crippen molar-refractivity contribution in [2.24, 2.45) is 4.99 Å². The lowest BCUT2D eigenvalue weighted by molar-refractivity contribution is -0.115. The molecule has 2 aromatic carbocycles. The highest BCUT2D eigenvalue weighted by Crippen LogP contribution is 2.31. The molecule has 4 rings (SSSR count). The number of ether oxygens (including phenoxy) is 1. The largest absolute Gasteiger partial charge is 0.497 e. The van der Waals surface area contributed by atoms with Crippen molar-refractivity contribution in [2.75, 3.05) is 20.2 Å². The minimum Gasteiger partial charge on any atom is -0.497 e. The number of rotatable bonds is 4.